The highest BCUT2D eigenvalue weighted by atomic mass is 16.5. The standard InChI is InChI=1S/C21H18N4O6/c26-18-14(15(21(29)30)19(27)25-31)11-22-17(24-18)20(28)23-16(12-7-3-1-4-8-12)13-9-5-2-6-10-13/h1-11,15-16,31H,(H,23,28)(H,25,27)(H,29,30)(H,22,24,26). The Morgan fingerprint density at radius 1 is 0.935 bits per heavy atom. The smallest absolute Gasteiger partial charge is 0.320 e. The Bertz CT molecular complexity index is 1110. The molecule has 0 bridgehead atoms. The SMILES string of the molecule is O=C(NC(c1ccccc1)c1ccccc1)c1ncc(C(C(=O)O)C(=O)NO)c(=O)[nH]1. The van der Waals surface area contributed by atoms with Crippen LogP contribution in [0.15, 0.2) is 71.7 Å². The van der Waals surface area contributed by atoms with Gasteiger partial charge in [0.15, 0.2) is 11.7 Å². The summed E-state index contributed by atoms with van der Waals surface area (Å²) in [5, 5.41) is 20.7. The molecule has 5 N–H and O–H groups in total. The Balaban J connectivity index is 1.91. The van der Waals surface area contributed by atoms with Gasteiger partial charge in [0, 0.05) is 6.20 Å². The van der Waals surface area contributed by atoms with Crippen molar-refractivity contribution in [2.24, 2.45) is 0 Å². The summed E-state index contributed by atoms with van der Waals surface area (Å²) in [6, 6.07) is 17.8. The van der Waals surface area contributed by atoms with Crippen LogP contribution in [-0.4, -0.2) is 38.1 Å². The molecule has 0 aliphatic carbocycles. The Labute approximate surface area is 175 Å². The number of rotatable bonds is 7. The maximum Gasteiger partial charge on any atom is 0.320 e. The van der Waals surface area contributed by atoms with Crippen LogP contribution in [0.25, 0.3) is 0 Å². The van der Waals surface area contributed by atoms with Gasteiger partial charge >= 0.3 is 5.97 Å². The molecular weight excluding hydrogens is 404 g/mol. The summed E-state index contributed by atoms with van der Waals surface area (Å²) < 4.78 is 0. The van der Waals surface area contributed by atoms with Crippen molar-refractivity contribution in [1.82, 2.24) is 20.8 Å². The molecule has 0 aliphatic rings. The van der Waals surface area contributed by atoms with E-state index in [4.69, 9.17) is 5.21 Å². The quantitative estimate of drug-likeness (QED) is 0.215. The van der Waals surface area contributed by atoms with Crippen molar-refractivity contribution in [3.05, 3.63) is 99.7 Å². The first-order valence-electron chi connectivity index (χ1n) is 9.09. The number of nitrogens with zero attached hydrogens (tertiary/aromatic N) is 1. The van der Waals surface area contributed by atoms with E-state index in [1.807, 2.05) is 60.7 Å². The van der Waals surface area contributed by atoms with Crippen molar-refractivity contribution in [2.45, 2.75) is 12.0 Å². The minimum absolute atomic E-state index is 0.362. The predicted molar refractivity (Wildman–Crippen MR) is 107 cm³/mol. The fourth-order valence-electron chi connectivity index (χ4n) is 3.03. The minimum atomic E-state index is -1.99. The summed E-state index contributed by atoms with van der Waals surface area (Å²) in [4.78, 5) is 54.0. The van der Waals surface area contributed by atoms with Gasteiger partial charge in [0.05, 0.1) is 11.6 Å². The molecule has 3 rings (SSSR count). The van der Waals surface area contributed by atoms with Crippen molar-refractivity contribution >= 4 is 17.8 Å². The number of aromatic amines is 1. The second-order valence-electron chi connectivity index (χ2n) is 6.49. The van der Waals surface area contributed by atoms with E-state index in [1.54, 1.807) is 0 Å². The molecule has 3 aromatic rings. The number of carboxylic acid groups (broad SMARTS) is 1. The van der Waals surface area contributed by atoms with Gasteiger partial charge in [-0.3, -0.25) is 24.4 Å². The summed E-state index contributed by atoms with van der Waals surface area (Å²) >= 11 is 0. The van der Waals surface area contributed by atoms with E-state index in [0.717, 1.165) is 17.3 Å². The molecule has 2 aromatic carbocycles. The van der Waals surface area contributed by atoms with Crippen molar-refractivity contribution in [3.8, 4) is 0 Å². The van der Waals surface area contributed by atoms with E-state index >= 15 is 0 Å². The number of nitrogens with one attached hydrogen (secondary N) is 3. The van der Waals surface area contributed by atoms with Crippen LogP contribution in [0.5, 0.6) is 0 Å². The molecule has 1 heterocycles. The number of H-pyrrole nitrogens is 1. The average Bonchev–Trinajstić information content (AvgIpc) is 2.79. The molecule has 0 saturated carbocycles. The van der Waals surface area contributed by atoms with Gasteiger partial charge in [0.1, 0.15) is 0 Å². The molecular formula is C21H18N4O6. The van der Waals surface area contributed by atoms with Crippen LogP contribution in [0.4, 0.5) is 0 Å². The third-order valence-corrected chi connectivity index (χ3v) is 4.51. The second kappa shape index (κ2) is 9.46. The zero-order valence-electron chi connectivity index (χ0n) is 16.0. The van der Waals surface area contributed by atoms with Crippen LogP contribution >= 0.6 is 0 Å². The van der Waals surface area contributed by atoms with Crippen LogP contribution in [0.2, 0.25) is 0 Å². The lowest BCUT2D eigenvalue weighted by atomic mass is 9.98. The Morgan fingerprint density at radius 2 is 1.48 bits per heavy atom. The Kier molecular flexibility index (Phi) is 6.53. The van der Waals surface area contributed by atoms with Gasteiger partial charge < -0.3 is 15.4 Å². The average molecular weight is 422 g/mol. The lowest BCUT2D eigenvalue weighted by Gasteiger charge is -2.19. The van der Waals surface area contributed by atoms with Gasteiger partial charge in [0.25, 0.3) is 17.4 Å². The van der Waals surface area contributed by atoms with Gasteiger partial charge in [-0.1, -0.05) is 60.7 Å². The third-order valence-electron chi connectivity index (χ3n) is 4.51. The maximum atomic E-state index is 12.8. The first-order chi connectivity index (χ1) is 14.9. The van der Waals surface area contributed by atoms with Crippen LogP contribution in [-0.2, 0) is 9.59 Å². The zero-order valence-corrected chi connectivity index (χ0v) is 16.0. The van der Waals surface area contributed by atoms with Crippen LogP contribution < -0.4 is 16.4 Å². The first-order valence-corrected chi connectivity index (χ1v) is 9.09. The molecule has 0 spiro atoms. The maximum absolute atomic E-state index is 12.8. The summed E-state index contributed by atoms with van der Waals surface area (Å²) in [6.07, 6.45) is 0.821. The topological polar surface area (TPSA) is 161 Å². The second-order valence-corrected chi connectivity index (χ2v) is 6.49. The van der Waals surface area contributed by atoms with E-state index in [9.17, 15) is 24.3 Å². The molecule has 0 radical (unpaired) electrons. The zero-order chi connectivity index (χ0) is 22.4. The van der Waals surface area contributed by atoms with Crippen molar-refractivity contribution in [1.29, 1.82) is 0 Å². The minimum Gasteiger partial charge on any atom is -0.480 e. The largest absolute Gasteiger partial charge is 0.480 e. The molecule has 2 amide bonds. The van der Waals surface area contributed by atoms with E-state index in [1.165, 1.54) is 5.48 Å². The summed E-state index contributed by atoms with van der Waals surface area (Å²) in [7, 11) is 0. The molecule has 0 saturated heterocycles. The fourth-order valence-corrected chi connectivity index (χ4v) is 3.03. The summed E-state index contributed by atoms with van der Waals surface area (Å²) in [5.74, 6) is -6.03. The third kappa shape index (κ3) is 4.82. The van der Waals surface area contributed by atoms with Crippen molar-refractivity contribution in [3.63, 3.8) is 0 Å². The van der Waals surface area contributed by atoms with Crippen LogP contribution in [0, 0.1) is 0 Å². The first kappa shape index (κ1) is 21.4. The molecule has 158 valence electrons. The Hall–Kier alpha value is -4.31. The fraction of sp³-hybridized carbons (Fsp3) is 0.0952. The number of aromatic nitrogens is 2. The molecule has 31 heavy (non-hydrogen) atoms. The van der Waals surface area contributed by atoms with Crippen molar-refractivity contribution in [2.75, 3.05) is 0 Å². The number of aliphatic carboxylic acids is 1. The lowest BCUT2D eigenvalue weighted by molar-refractivity contribution is -0.146. The van der Waals surface area contributed by atoms with Crippen LogP contribution in [0.1, 0.15) is 39.3 Å². The van der Waals surface area contributed by atoms with Crippen LogP contribution in [0.3, 0.4) is 0 Å². The number of hydrogen-bond acceptors (Lipinski definition) is 6. The van der Waals surface area contributed by atoms with Gasteiger partial charge in [-0.25, -0.2) is 10.5 Å². The predicted octanol–water partition coefficient (Wildman–Crippen LogP) is 0.963. The molecule has 1 unspecified atom stereocenters. The summed E-state index contributed by atoms with van der Waals surface area (Å²) in [6.45, 7) is 0. The van der Waals surface area contributed by atoms with E-state index in [0.29, 0.717) is 0 Å². The molecule has 10 nitrogen and oxygen atoms in total. The lowest BCUT2D eigenvalue weighted by Crippen LogP contribution is -2.37. The van der Waals surface area contributed by atoms with E-state index < -0.39 is 40.9 Å². The highest BCUT2D eigenvalue weighted by molar-refractivity contribution is 6.02. The number of carbonyl (C=O) groups is 3. The highest BCUT2D eigenvalue weighted by Crippen LogP contribution is 2.22. The molecule has 10 heteroatoms. The van der Waals surface area contributed by atoms with Crippen molar-refractivity contribution < 1.29 is 24.7 Å². The normalized spacial score (nSPS) is 11.5. The van der Waals surface area contributed by atoms with E-state index in [2.05, 4.69) is 15.3 Å². The monoisotopic (exact) mass is 422 g/mol. The van der Waals surface area contributed by atoms with E-state index in [-0.39, 0.29) is 5.82 Å². The molecule has 0 aliphatic heterocycles. The molecule has 1 aromatic heterocycles. The highest BCUT2D eigenvalue weighted by Gasteiger charge is 2.31. The number of hydroxylamine groups is 1. The molecule has 0 fully saturated rings. The Morgan fingerprint density at radius 3 is 1.94 bits per heavy atom. The van der Waals surface area contributed by atoms with Gasteiger partial charge in [0.2, 0.25) is 0 Å². The molecule has 1 atom stereocenters. The van der Waals surface area contributed by atoms with Gasteiger partial charge in [-0.15, -0.1) is 0 Å². The summed E-state index contributed by atoms with van der Waals surface area (Å²) in [5.41, 5.74) is 1.27. The number of benzene rings is 2. The number of hydrogen-bond donors (Lipinski definition) is 5. The number of carboxylic acids is 1. The van der Waals surface area contributed by atoms with Gasteiger partial charge in [-0.05, 0) is 11.1 Å². The van der Waals surface area contributed by atoms with Gasteiger partial charge in [-0.2, -0.15) is 0 Å². The number of carbonyl (C=O) groups excluding carboxylic acids is 2. The number of amides is 2.